The second kappa shape index (κ2) is 5.60. The Kier molecular flexibility index (Phi) is 4.27. The number of sulfonamides is 1. The van der Waals surface area contributed by atoms with Crippen molar-refractivity contribution in [3.05, 3.63) is 12.0 Å². The first-order chi connectivity index (χ1) is 8.95. The summed E-state index contributed by atoms with van der Waals surface area (Å²) in [4.78, 5) is 9.02. The Morgan fingerprint density at radius 3 is 2.84 bits per heavy atom. The summed E-state index contributed by atoms with van der Waals surface area (Å²) in [5, 5.41) is 0.218. The fourth-order valence-corrected chi connectivity index (χ4v) is 4.13. The predicted molar refractivity (Wildman–Crippen MR) is 73.4 cm³/mol. The van der Waals surface area contributed by atoms with Crippen molar-refractivity contribution in [1.82, 2.24) is 19.2 Å². The summed E-state index contributed by atoms with van der Waals surface area (Å²) < 4.78 is 26.8. The van der Waals surface area contributed by atoms with Gasteiger partial charge >= 0.3 is 0 Å². The molecule has 0 saturated carbocycles. The number of likely N-dealkylation sites (N-methyl/N-ethyl adjacent to an activating group) is 1. The van der Waals surface area contributed by atoms with Crippen molar-refractivity contribution < 1.29 is 8.42 Å². The lowest BCUT2D eigenvalue weighted by molar-refractivity contribution is 0.291. The van der Waals surface area contributed by atoms with Crippen LogP contribution in [0, 0.1) is 0 Å². The monoisotopic (exact) mass is 286 g/mol. The van der Waals surface area contributed by atoms with Crippen molar-refractivity contribution in [1.29, 1.82) is 0 Å². The van der Waals surface area contributed by atoms with Gasteiger partial charge in [-0.3, -0.25) is 0 Å². The lowest BCUT2D eigenvalue weighted by atomic mass is 10.2. The molecule has 0 aromatic carbocycles. The molecule has 19 heavy (non-hydrogen) atoms. The molecule has 0 radical (unpaired) electrons. The first kappa shape index (κ1) is 14.5. The van der Waals surface area contributed by atoms with E-state index in [9.17, 15) is 8.42 Å². The van der Waals surface area contributed by atoms with Crippen molar-refractivity contribution >= 4 is 10.0 Å². The minimum absolute atomic E-state index is 0.0633. The molecule has 0 aliphatic carbocycles. The molecule has 0 bridgehead atoms. The zero-order valence-electron chi connectivity index (χ0n) is 11.8. The van der Waals surface area contributed by atoms with Crippen LogP contribution in [-0.4, -0.2) is 60.8 Å². The van der Waals surface area contributed by atoms with Crippen molar-refractivity contribution in [3.63, 3.8) is 0 Å². The highest BCUT2D eigenvalue weighted by molar-refractivity contribution is 7.89. The molecule has 1 N–H and O–H groups in total. The summed E-state index contributed by atoms with van der Waals surface area (Å²) in [5.74, 6) is 0.710. The predicted octanol–water partition coefficient (Wildman–Crippen LogP) is 0.687. The summed E-state index contributed by atoms with van der Waals surface area (Å²) in [6, 6.07) is 0.0633. The number of aryl methyl sites for hydroxylation is 1. The van der Waals surface area contributed by atoms with E-state index in [-0.39, 0.29) is 11.1 Å². The number of nitrogens with one attached hydrogen (secondary N) is 1. The fourth-order valence-electron chi connectivity index (χ4n) is 2.51. The number of hydrogen-bond acceptors (Lipinski definition) is 4. The maximum atomic E-state index is 12.6. The molecule has 1 saturated heterocycles. The van der Waals surface area contributed by atoms with Gasteiger partial charge in [-0.1, -0.05) is 6.92 Å². The number of rotatable bonds is 5. The van der Waals surface area contributed by atoms with Gasteiger partial charge in [-0.05, 0) is 26.9 Å². The number of H-pyrrole nitrogens is 1. The second-order valence-corrected chi connectivity index (χ2v) is 7.08. The van der Waals surface area contributed by atoms with Crippen LogP contribution < -0.4 is 0 Å². The zero-order valence-corrected chi connectivity index (χ0v) is 12.6. The summed E-state index contributed by atoms with van der Waals surface area (Å²) in [7, 11) is 0.499. The van der Waals surface area contributed by atoms with Crippen molar-refractivity contribution in [2.75, 3.05) is 27.2 Å². The molecule has 1 fully saturated rings. The maximum Gasteiger partial charge on any atom is 0.260 e. The van der Waals surface area contributed by atoms with E-state index in [1.807, 2.05) is 25.9 Å². The molecule has 6 nitrogen and oxygen atoms in total. The average molecular weight is 286 g/mol. The van der Waals surface area contributed by atoms with Gasteiger partial charge in [0.25, 0.3) is 10.0 Å². The molecule has 2 rings (SSSR count). The normalized spacial score (nSPS) is 21.4. The molecule has 1 atom stereocenters. The van der Waals surface area contributed by atoms with E-state index < -0.39 is 10.0 Å². The Labute approximate surface area is 114 Å². The standard InChI is InChI=1S/C12H22N4O2S/c1-4-11-13-8-12(14-11)19(17,18)16-7-5-6-10(16)9-15(2)3/h8,10H,4-7,9H2,1-3H3,(H,13,14). The number of imidazole rings is 1. The first-order valence-electron chi connectivity index (χ1n) is 6.65. The van der Waals surface area contributed by atoms with Crippen molar-refractivity contribution in [2.24, 2.45) is 0 Å². The second-order valence-electron chi connectivity index (χ2n) is 5.22. The molecule has 1 unspecified atom stereocenters. The lowest BCUT2D eigenvalue weighted by Gasteiger charge is -2.25. The molecule has 1 aromatic rings. The molecule has 2 heterocycles. The van der Waals surface area contributed by atoms with Crippen LogP contribution in [0.25, 0.3) is 0 Å². The van der Waals surface area contributed by atoms with E-state index >= 15 is 0 Å². The average Bonchev–Trinajstić information content (AvgIpc) is 2.95. The molecule has 1 aromatic heterocycles. The molecule has 0 spiro atoms. The van der Waals surface area contributed by atoms with Gasteiger partial charge in [0, 0.05) is 25.6 Å². The van der Waals surface area contributed by atoms with Gasteiger partial charge in [-0.15, -0.1) is 0 Å². The van der Waals surface area contributed by atoms with E-state index in [2.05, 4.69) is 9.97 Å². The minimum atomic E-state index is -3.43. The lowest BCUT2D eigenvalue weighted by Crippen LogP contribution is -2.41. The minimum Gasteiger partial charge on any atom is -0.332 e. The Morgan fingerprint density at radius 1 is 1.53 bits per heavy atom. The molecular weight excluding hydrogens is 264 g/mol. The van der Waals surface area contributed by atoms with Gasteiger partial charge in [-0.25, -0.2) is 13.4 Å². The van der Waals surface area contributed by atoms with Crippen LogP contribution in [0.2, 0.25) is 0 Å². The molecule has 7 heteroatoms. The third-order valence-corrected chi connectivity index (χ3v) is 5.29. The fraction of sp³-hybridized carbons (Fsp3) is 0.750. The third kappa shape index (κ3) is 2.98. The molecular formula is C12H22N4O2S. The van der Waals surface area contributed by atoms with E-state index in [0.29, 0.717) is 18.8 Å². The largest absolute Gasteiger partial charge is 0.332 e. The smallest absolute Gasteiger partial charge is 0.260 e. The van der Waals surface area contributed by atoms with Gasteiger partial charge in [0.05, 0.1) is 6.20 Å². The zero-order chi connectivity index (χ0) is 14.0. The number of aromatic nitrogens is 2. The maximum absolute atomic E-state index is 12.6. The van der Waals surface area contributed by atoms with E-state index in [1.165, 1.54) is 6.20 Å². The molecule has 0 amide bonds. The van der Waals surface area contributed by atoms with Crippen LogP contribution in [-0.2, 0) is 16.4 Å². The molecule has 108 valence electrons. The van der Waals surface area contributed by atoms with Crippen LogP contribution in [0.5, 0.6) is 0 Å². The van der Waals surface area contributed by atoms with Crippen LogP contribution in [0.3, 0.4) is 0 Å². The van der Waals surface area contributed by atoms with Gasteiger partial charge in [0.1, 0.15) is 5.82 Å². The summed E-state index contributed by atoms with van der Waals surface area (Å²) in [5.41, 5.74) is 0. The number of aromatic amines is 1. The van der Waals surface area contributed by atoms with Gasteiger partial charge in [-0.2, -0.15) is 4.31 Å². The van der Waals surface area contributed by atoms with Crippen molar-refractivity contribution in [2.45, 2.75) is 37.3 Å². The van der Waals surface area contributed by atoms with Crippen molar-refractivity contribution in [3.8, 4) is 0 Å². The van der Waals surface area contributed by atoms with E-state index in [1.54, 1.807) is 4.31 Å². The van der Waals surface area contributed by atoms with Crippen LogP contribution >= 0.6 is 0 Å². The number of hydrogen-bond donors (Lipinski definition) is 1. The Balaban J connectivity index is 2.23. The van der Waals surface area contributed by atoms with Crippen LogP contribution in [0.4, 0.5) is 0 Å². The van der Waals surface area contributed by atoms with E-state index in [0.717, 1.165) is 19.4 Å². The first-order valence-corrected chi connectivity index (χ1v) is 8.09. The number of nitrogens with zero attached hydrogens (tertiary/aromatic N) is 3. The SMILES string of the molecule is CCc1ncc(S(=O)(=O)N2CCCC2CN(C)C)[nH]1. The Hall–Kier alpha value is -0.920. The van der Waals surface area contributed by atoms with Crippen LogP contribution in [0.15, 0.2) is 11.2 Å². The summed E-state index contributed by atoms with van der Waals surface area (Å²) in [6.45, 7) is 3.30. The highest BCUT2D eigenvalue weighted by Crippen LogP contribution is 2.25. The highest BCUT2D eigenvalue weighted by Gasteiger charge is 2.36. The van der Waals surface area contributed by atoms with Gasteiger partial charge in [0.2, 0.25) is 0 Å². The van der Waals surface area contributed by atoms with Gasteiger partial charge in [0.15, 0.2) is 5.03 Å². The molecule has 1 aliphatic rings. The quantitative estimate of drug-likeness (QED) is 0.864. The summed E-state index contributed by atoms with van der Waals surface area (Å²) in [6.07, 6.45) is 3.98. The topological polar surface area (TPSA) is 69.3 Å². The summed E-state index contributed by atoms with van der Waals surface area (Å²) >= 11 is 0. The molecule has 1 aliphatic heterocycles. The third-order valence-electron chi connectivity index (χ3n) is 3.43. The van der Waals surface area contributed by atoms with Gasteiger partial charge < -0.3 is 9.88 Å². The Morgan fingerprint density at radius 2 is 2.26 bits per heavy atom. The van der Waals surface area contributed by atoms with Crippen LogP contribution in [0.1, 0.15) is 25.6 Å². The highest BCUT2D eigenvalue weighted by atomic mass is 32.2. The Bertz CT molecular complexity index is 524. The van der Waals surface area contributed by atoms with E-state index in [4.69, 9.17) is 0 Å².